The molecular formula is C12H25NO4. The largest absolute Gasteiger partial charge is 0.382 e. The summed E-state index contributed by atoms with van der Waals surface area (Å²) in [5, 5.41) is 0. The highest BCUT2D eigenvalue weighted by Gasteiger charge is 2.24. The van der Waals surface area contributed by atoms with Crippen LogP contribution in [0.1, 0.15) is 33.1 Å². The molecule has 1 fully saturated rings. The summed E-state index contributed by atoms with van der Waals surface area (Å²) < 4.78 is 15.8. The first-order valence-electron chi connectivity index (χ1n) is 6.08. The molecule has 102 valence electrons. The van der Waals surface area contributed by atoms with Crippen molar-refractivity contribution in [2.24, 2.45) is 5.73 Å². The van der Waals surface area contributed by atoms with E-state index in [9.17, 15) is 4.79 Å². The first-order valence-corrected chi connectivity index (χ1v) is 6.08. The number of primary amides is 1. The molecule has 0 aromatic heterocycles. The predicted molar refractivity (Wildman–Crippen MR) is 65.7 cm³/mol. The Morgan fingerprint density at radius 2 is 2.18 bits per heavy atom. The summed E-state index contributed by atoms with van der Waals surface area (Å²) in [4.78, 5) is 9.22. The second-order valence-corrected chi connectivity index (χ2v) is 4.12. The topological polar surface area (TPSA) is 74.1 Å². The number of hydrogen-bond donors (Lipinski definition) is 1. The van der Waals surface area contributed by atoms with Crippen molar-refractivity contribution >= 4 is 5.91 Å². The number of epoxide rings is 1. The molecule has 2 atom stereocenters. The maximum Gasteiger partial charge on any atom is 0.214 e. The first-order chi connectivity index (χ1) is 8.10. The van der Waals surface area contributed by atoms with Crippen LogP contribution in [-0.2, 0) is 19.0 Å². The molecular weight excluding hydrogens is 222 g/mol. The summed E-state index contributed by atoms with van der Waals surface area (Å²) in [6.45, 7) is 5.80. The highest BCUT2D eigenvalue weighted by atomic mass is 16.6. The van der Waals surface area contributed by atoms with E-state index in [2.05, 4.69) is 12.7 Å². The molecule has 1 aliphatic heterocycles. The van der Waals surface area contributed by atoms with Crippen LogP contribution in [0.3, 0.4) is 0 Å². The van der Waals surface area contributed by atoms with Crippen molar-refractivity contribution < 1.29 is 19.0 Å². The number of amides is 1. The fraction of sp³-hybridized carbons (Fsp3) is 0.917. The highest BCUT2D eigenvalue weighted by Crippen LogP contribution is 2.12. The quantitative estimate of drug-likeness (QED) is 0.652. The van der Waals surface area contributed by atoms with Gasteiger partial charge in [0.25, 0.3) is 0 Å². The SMILES string of the molecule is CC(N)=O.CCCCC(COC)OCC1CO1. The Kier molecular flexibility index (Phi) is 10.1. The number of carbonyl (C=O) groups is 1. The molecule has 1 rings (SSSR count). The molecule has 0 spiro atoms. The van der Waals surface area contributed by atoms with E-state index in [0.717, 1.165) is 19.6 Å². The Hall–Kier alpha value is -0.650. The molecule has 2 N–H and O–H groups in total. The number of ether oxygens (including phenoxy) is 3. The third-order valence-corrected chi connectivity index (χ3v) is 2.15. The lowest BCUT2D eigenvalue weighted by Crippen LogP contribution is -2.21. The van der Waals surface area contributed by atoms with Crippen LogP contribution >= 0.6 is 0 Å². The Balaban J connectivity index is 0.000000557. The van der Waals surface area contributed by atoms with Crippen molar-refractivity contribution in [1.29, 1.82) is 0 Å². The van der Waals surface area contributed by atoms with Gasteiger partial charge in [-0.15, -0.1) is 0 Å². The van der Waals surface area contributed by atoms with E-state index in [1.165, 1.54) is 19.8 Å². The van der Waals surface area contributed by atoms with Crippen molar-refractivity contribution in [1.82, 2.24) is 0 Å². The van der Waals surface area contributed by atoms with E-state index >= 15 is 0 Å². The lowest BCUT2D eigenvalue weighted by Gasteiger charge is -2.15. The number of carbonyl (C=O) groups excluding carboxylic acids is 1. The molecule has 1 aliphatic rings. The third kappa shape index (κ3) is 13.3. The average molecular weight is 247 g/mol. The second kappa shape index (κ2) is 10.5. The van der Waals surface area contributed by atoms with Gasteiger partial charge in [0, 0.05) is 14.0 Å². The summed E-state index contributed by atoms with van der Waals surface area (Å²) in [6, 6.07) is 0. The number of hydrogen-bond acceptors (Lipinski definition) is 4. The van der Waals surface area contributed by atoms with Gasteiger partial charge < -0.3 is 19.9 Å². The van der Waals surface area contributed by atoms with Crippen LogP contribution in [0.15, 0.2) is 0 Å². The maximum absolute atomic E-state index is 9.22. The first kappa shape index (κ1) is 16.4. The van der Waals surface area contributed by atoms with Crippen molar-refractivity contribution in [3.05, 3.63) is 0 Å². The van der Waals surface area contributed by atoms with Gasteiger partial charge in [0.1, 0.15) is 6.10 Å². The van der Waals surface area contributed by atoms with E-state index in [0.29, 0.717) is 12.7 Å². The van der Waals surface area contributed by atoms with Gasteiger partial charge in [0.05, 0.1) is 25.9 Å². The van der Waals surface area contributed by atoms with E-state index in [4.69, 9.17) is 14.2 Å². The Morgan fingerprint density at radius 1 is 1.59 bits per heavy atom. The molecule has 1 heterocycles. The van der Waals surface area contributed by atoms with Gasteiger partial charge >= 0.3 is 0 Å². The number of nitrogens with two attached hydrogens (primary N) is 1. The Labute approximate surface area is 104 Å². The van der Waals surface area contributed by atoms with Gasteiger partial charge in [0.15, 0.2) is 0 Å². The number of unbranched alkanes of at least 4 members (excludes halogenated alkanes) is 1. The minimum Gasteiger partial charge on any atom is -0.382 e. The van der Waals surface area contributed by atoms with E-state index in [-0.39, 0.29) is 12.0 Å². The second-order valence-electron chi connectivity index (χ2n) is 4.12. The van der Waals surface area contributed by atoms with Gasteiger partial charge in [-0.25, -0.2) is 0 Å². The molecule has 0 aliphatic carbocycles. The molecule has 2 unspecified atom stereocenters. The fourth-order valence-corrected chi connectivity index (χ4v) is 1.24. The van der Waals surface area contributed by atoms with Crippen LogP contribution < -0.4 is 5.73 Å². The van der Waals surface area contributed by atoms with Gasteiger partial charge in [0.2, 0.25) is 5.91 Å². The highest BCUT2D eigenvalue weighted by molar-refractivity contribution is 5.70. The third-order valence-electron chi connectivity index (χ3n) is 2.15. The Morgan fingerprint density at radius 3 is 2.59 bits per heavy atom. The fourth-order valence-electron chi connectivity index (χ4n) is 1.24. The number of rotatable bonds is 8. The van der Waals surface area contributed by atoms with Crippen LogP contribution in [0, 0.1) is 0 Å². The zero-order chi connectivity index (χ0) is 13.1. The summed E-state index contributed by atoms with van der Waals surface area (Å²) in [5.41, 5.74) is 4.47. The van der Waals surface area contributed by atoms with E-state index in [1.54, 1.807) is 7.11 Å². The van der Waals surface area contributed by atoms with Gasteiger partial charge in [-0.1, -0.05) is 19.8 Å². The van der Waals surface area contributed by atoms with Crippen molar-refractivity contribution in [3.63, 3.8) is 0 Å². The molecule has 5 nitrogen and oxygen atoms in total. The van der Waals surface area contributed by atoms with E-state index < -0.39 is 0 Å². The van der Waals surface area contributed by atoms with Crippen LogP contribution in [-0.4, -0.2) is 45.0 Å². The van der Waals surface area contributed by atoms with E-state index in [1.807, 2.05) is 0 Å². The molecule has 1 saturated heterocycles. The Bertz CT molecular complexity index is 191. The van der Waals surface area contributed by atoms with Crippen LogP contribution in [0.25, 0.3) is 0 Å². The standard InChI is InChI=1S/C10H20O3.C2H5NO/c1-3-4-5-9(6-11-2)12-7-10-8-13-10;1-2(3)4/h9-10H,3-8H2,1-2H3;1H3,(H2,3,4). The average Bonchev–Trinajstić information content (AvgIpc) is 3.05. The minimum absolute atomic E-state index is 0.258. The zero-order valence-electron chi connectivity index (χ0n) is 11.1. The van der Waals surface area contributed by atoms with Crippen molar-refractivity contribution in [2.45, 2.75) is 45.3 Å². The van der Waals surface area contributed by atoms with Gasteiger partial charge in [-0.2, -0.15) is 0 Å². The molecule has 0 radical (unpaired) electrons. The molecule has 1 amide bonds. The summed E-state index contributed by atoms with van der Waals surface area (Å²) in [7, 11) is 1.72. The number of methoxy groups -OCH3 is 1. The normalized spacial score (nSPS) is 19.1. The maximum atomic E-state index is 9.22. The van der Waals surface area contributed by atoms with Gasteiger partial charge in [-0.3, -0.25) is 4.79 Å². The monoisotopic (exact) mass is 247 g/mol. The van der Waals surface area contributed by atoms with Crippen molar-refractivity contribution in [2.75, 3.05) is 26.9 Å². The van der Waals surface area contributed by atoms with Crippen LogP contribution in [0.5, 0.6) is 0 Å². The summed E-state index contributed by atoms with van der Waals surface area (Å²) in [6.07, 6.45) is 4.13. The van der Waals surface area contributed by atoms with Crippen molar-refractivity contribution in [3.8, 4) is 0 Å². The lowest BCUT2D eigenvalue weighted by molar-refractivity contribution is -0.115. The lowest BCUT2D eigenvalue weighted by atomic mass is 10.2. The predicted octanol–water partition coefficient (Wildman–Crippen LogP) is 1.10. The molecule has 0 saturated carbocycles. The van der Waals surface area contributed by atoms with Crippen LogP contribution in [0.2, 0.25) is 0 Å². The molecule has 0 aromatic carbocycles. The van der Waals surface area contributed by atoms with Crippen LogP contribution in [0.4, 0.5) is 0 Å². The summed E-state index contributed by atoms with van der Waals surface area (Å²) in [5.74, 6) is -0.333. The smallest absolute Gasteiger partial charge is 0.214 e. The molecule has 17 heavy (non-hydrogen) atoms. The molecule has 0 aromatic rings. The van der Waals surface area contributed by atoms with Gasteiger partial charge in [-0.05, 0) is 6.42 Å². The molecule has 0 bridgehead atoms. The summed E-state index contributed by atoms with van der Waals surface area (Å²) >= 11 is 0. The molecule has 5 heteroatoms. The minimum atomic E-state index is -0.333. The zero-order valence-corrected chi connectivity index (χ0v) is 11.1.